The summed E-state index contributed by atoms with van der Waals surface area (Å²) in [7, 11) is 0. The number of aryl methyl sites for hydroxylation is 1. The molecule has 0 radical (unpaired) electrons. The summed E-state index contributed by atoms with van der Waals surface area (Å²) in [5.41, 5.74) is 6.87. The highest BCUT2D eigenvalue weighted by molar-refractivity contribution is 9.10. The zero-order valence-electron chi connectivity index (χ0n) is 10.1. The van der Waals surface area contributed by atoms with Crippen LogP contribution in [0.1, 0.15) is 11.3 Å². The van der Waals surface area contributed by atoms with Gasteiger partial charge in [0.05, 0.1) is 0 Å². The van der Waals surface area contributed by atoms with Crippen LogP contribution in [-0.4, -0.2) is 4.98 Å². The van der Waals surface area contributed by atoms with Gasteiger partial charge in [-0.05, 0) is 25.1 Å². The predicted molar refractivity (Wildman–Crippen MR) is 71.0 cm³/mol. The largest absolute Gasteiger partial charge is 0.435 e. The second-order valence-electron chi connectivity index (χ2n) is 3.92. The fraction of sp³-hybridized carbons (Fsp3) is 0.154. The summed E-state index contributed by atoms with van der Waals surface area (Å²) in [6.07, 6.45) is 0. The molecule has 0 unspecified atom stereocenters. The molecular weight excluding hydrogens is 318 g/mol. The Hall–Kier alpha value is -1.53. The molecule has 2 N–H and O–H groups in total. The molecule has 2 rings (SSSR count). The van der Waals surface area contributed by atoms with Crippen LogP contribution in [-0.2, 0) is 6.54 Å². The maximum atomic E-state index is 13.6. The van der Waals surface area contributed by atoms with Crippen molar-refractivity contribution in [3.05, 3.63) is 51.6 Å². The first-order valence-electron chi connectivity index (χ1n) is 5.50. The topological polar surface area (TPSA) is 48.1 Å². The lowest BCUT2D eigenvalue weighted by Gasteiger charge is -2.11. The van der Waals surface area contributed by atoms with Crippen LogP contribution in [0.2, 0.25) is 0 Å². The third kappa shape index (κ3) is 3.08. The van der Waals surface area contributed by atoms with E-state index >= 15 is 0 Å². The minimum absolute atomic E-state index is 0.180. The van der Waals surface area contributed by atoms with Crippen molar-refractivity contribution < 1.29 is 13.5 Å². The Balaban J connectivity index is 2.44. The molecule has 100 valence electrons. The van der Waals surface area contributed by atoms with Crippen molar-refractivity contribution in [3.63, 3.8) is 0 Å². The molecule has 0 saturated heterocycles. The minimum atomic E-state index is -1.06. The lowest BCUT2D eigenvalue weighted by Crippen LogP contribution is -2.03. The minimum Gasteiger partial charge on any atom is -0.435 e. The van der Waals surface area contributed by atoms with Crippen LogP contribution < -0.4 is 10.5 Å². The second kappa shape index (κ2) is 5.63. The Bertz CT molecular complexity index is 620. The van der Waals surface area contributed by atoms with Gasteiger partial charge in [0.15, 0.2) is 11.6 Å². The quantitative estimate of drug-likeness (QED) is 0.874. The van der Waals surface area contributed by atoms with Crippen molar-refractivity contribution in [2.24, 2.45) is 5.73 Å². The third-order valence-corrected chi connectivity index (χ3v) is 2.92. The fourth-order valence-electron chi connectivity index (χ4n) is 1.52. The summed E-state index contributed by atoms with van der Waals surface area (Å²) in [5, 5.41) is 0. The lowest BCUT2D eigenvalue weighted by molar-refractivity contribution is 0.400. The number of rotatable bonds is 3. The van der Waals surface area contributed by atoms with Gasteiger partial charge in [-0.15, -0.1) is 0 Å². The van der Waals surface area contributed by atoms with E-state index in [0.717, 1.165) is 6.07 Å². The number of aromatic nitrogens is 1. The molecule has 1 aromatic carbocycles. The molecule has 0 atom stereocenters. The van der Waals surface area contributed by atoms with E-state index < -0.39 is 11.6 Å². The summed E-state index contributed by atoms with van der Waals surface area (Å²) >= 11 is 3.08. The fourth-order valence-corrected chi connectivity index (χ4v) is 1.93. The maximum Gasteiger partial charge on any atom is 0.224 e. The maximum absolute atomic E-state index is 13.6. The van der Waals surface area contributed by atoms with Crippen LogP contribution in [0.25, 0.3) is 0 Å². The van der Waals surface area contributed by atoms with Crippen molar-refractivity contribution in [2.45, 2.75) is 13.5 Å². The van der Waals surface area contributed by atoms with Gasteiger partial charge in [0.25, 0.3) is 0 Å². The number of nitrogens with two attached hydrogens (primary N) is 1. The van der Waals surface area contributed by atoms with E-state index in [1.807, 2.05) is 0 Å². The Kier molecular flexibility index (Phi) is 4.11. The average Bonchev–Trinajstić information content (AvgIpc) is 2.35. The summed E-state index contributed by atoms with van der Waals surface area (Å²) < 4.78 is 32.6. The SMILES string of the molecule is Cc1ccc(CN)c(Oc2cc(Br)cc(F)c2F)n1. The first kappa shape index (κ1) is 13.9. The average molecular weight is 329 g/mol. The van der Waals surface area contributed by atoms with E-state index in [2.05, 4.69) is 20.9 Å². The number of ether oxygens (including phenoxy) is 1. The molecule has 0 bridgehead atoms. The van der Waals surface area contributed by atoms with E-state index in [0.29, 0.717) is 15.7 Å². The van der Waals surface area contributed by atoms with E-state index in [1.54, 1.807) is 19.1 Å². The molecule has 0 aliphatic carbocycles. The third-order valence-electron chi connectivity index (χ3n) is 2.46. The molecule has 0 aliphatic rings. The summed E-state index contributed by atoms with van der Waals surface area (Å²) in [5.74, 6) is -2.11. The molecule has 1 heterocycles. The van der Waals surface area contributed by atoms with Crippen LogP contribution in [0.15, 0.2) is 28.7 Å². The molecule has 0 amide bonds. The zero-order valence-corrected chi connectivity index (χ0v) is 11.7. The van der Waals surface area contributed by atoms with E-state index in [1.165, 1.54) is 6.07 Å². The lowest BCUT2D eigenvalue weighted by atomic mass is 10.2. The number of pyridine rings is 1. The van der Waals surface area contributed by atoms with Gasteiger partial charge in [-0.1, -0.05) is 22.0 Å². The summed E-state index contributed by atoms with van der Waals surface area (Å²) in [6.45, 7) is 1.96. The highest BCUT2D eigenvalue weighted by Crippen LogP contribution is 2.30. The van der Waals surface area contributed by atoms with Crippen molar-refractivity contribution in [2.75, 3.05) is 0 Å². The van der Waals surface area contributed by atoms with Crippen LogP contribution in [0, 0.1) is 18.6 Å². The van der Waals surface area contributed by atoms with E-state index in [4.69, 9.17) is 10.5 Å². The van der Waals surface area contributed by atoms with Gasteiger partial charge in [0, 0.05) is 22.3 Å². The molecular formula is C13H11BrF2N2O. The van der Waals surface area contributed by atoms with Crippen molar-refractivity contribution in [1.82, 2.24) is 4.98 Å². The normalized spacial score (nSPS) is 10.6. The number of hydrogen-bond donors (Lipinski definition) is 1. The standard InChI is InChI=1S/C13H11BrF2N2O/c1-7-2-3-8(6-17)13(18-7)19-11-5-9(14)4-10(15)12(11)16/h2-5H,6,17H2,1H3. The zero-order chi connectivity index (χ0) is 14.0. The molecule has 0 saturated carbocycles. The van der Waals surface area contributed by atoms with E-state index in [9.17, 15) is 8.78 Å². The highest BCUT2D eigenvalue weighted by Gasteiger charge is 2.14. The molecule has 3 nitrogen and oxygen atoms in total. The molecule has 19 heavy (non-hydrogen) atoms. The monoisotopic (exact) mass is 328 g/mol. The van der Waals surface area contributed by atoms with Crippen LogP contribution >= 0.6 is 15.9 Å². The Morgan fingerprint density at radius 2 is 2.05 bits per heavy atom. The Morgan fingerprint density at radius 3 is 2.74 bits per heavy atom. The first-order valence-corrected chi connectivity index (χ1v) is 6.29. The van der Waals surface area contributed by atoms with Gasteiger partial charge in [0.1, 0.15) is 0 Å². The number of benzene rings is 1. The second-order valence-corrected chi connectivity index (χ2v) is 4.84. The summed E-state index contributed by atoms with van der Waals surface area (Å²) in [4.78, 5) is 4.13. The van der Waals surface area contributed by atoms with Crippen molar-refractivity contribution in [3.8, 4) is 11.6 Å². The molecule has 0 spiro atoms. The van der Waals surface area contributed by atoms with E-state index in [-0.39, 0.29) is 18.2 Å². The molecule has 1 aromatic heterocycles. The van der Waals surface area contributed by atoms with Gasteiger partial charge in [0.2, 0.25) is 11.7 Å². The van der Waals surface area contributed by atoms with Crippen LogP contribution in [0.4, 0.5) is 8.78 Å². The van der Waals surface area contributed by atoms with Gasteiger partial charge >= 0.3 is 0 Å². The molecule has 6 heteroatoms. The molecule has 0 aliphatic heterocycles. The Labute approximate surface area is 117 Å². The smallest absolute Gasteiger partial charge is 0.224 e. The highest BCUT2D eigenvalue weighted by atomic mass is 79.9. The number of halogens is 3. The number of hydrogen-bond acceptors (Lipinski definition) is 3. The van der Waals surface area contributed by atoms with Gasteiger partial charge in [-0.3, -0.25) is 0 Å². The predicted octanol–water partition coefficient (Wildman–Crippen LogP) is 3.68. The number of nitrogens with zero attached hydrogens (tertiary/aromatic N) is 1. The van der Waals surface area contributed by atoms with Crippen molar-refractivity contribution in [1.29, 1.82) is 0 Å². The van der Waals surface area contributed by atoms with Gasteiger partial charge in [-0.2, -0.15) is 4.39 Å². The molecule has 2 aromatic rings. The Morgan fingerprint density at radius 1 is 1.32 bits per heavy atom. The van der Waals surface area contributed by atoms with Crippen LogP contribution in [0.3, 0.4) is 0 Å². The van der Waals surface area contributed by atoms with Gasteiger partial charge < -0.3 is 10.5 Å². The van der Waals surface area contributed by atoms with Crippen molar-refractivity contribution >= 4 is 15.9 Å². The van der Waals surface area contributed by atoms with Crippen LogP contribution in [0.5, 0.6) is 11.6 Å². The molecule has 0 fully saturated rings. The summed E-state index contributed by atoms with van der Waals surface area (Å²) in [6, 6.07) is 5.87. The van der Waals surface area contributed by atoms with Gasteiger partial charge in [-0.25, -0.2) is 9.37 Å². The first-order chi connectivity index (χ1) is 9.01.